The molecule has 0 bridgehead atoms. The second-order valence-corrected chi connectivity index (χ2v) is 11.2. The predicted octanol–water partition coefficient (Wildman–Crippen LogP) is 3.21. The molecule has 11 heteroatoms. The van der Waals surface area contributed by atoms with Gasteiger partial charge in [0.05, 0.1) is 23.7 Å². The Labute approximate surface area is 214 Å². The van der Waals surface area contributed by atoms with Gasteiger partial charge in [0.25, 0.3) is 5.91 Å². The van der Waals surface area contributed by atoms with Crippen molar-refractivity contribution in [1.82, 2.24) is 15.1 Å². The van der Waals surface area contributed by atoms with E-state index in [2.05, 4.69) is 10.4 Å². The summed E-state index contributed by atoms with van der Waals surface area (Å²) in [5.74, 6) is -1.53. The molecule has 1 saturated heterocycles. The van der Waals surface area contributed by atoms with Gasteiger partial charge in [-0.1, -0.05) is 12.1 Å². The Bertz CT molecular complexity index is 1400. The summed E-state index contributed by atoms with van der Waals surface area (Å²) >= 11 is 0. The summed E-state index contributed by atoms with van der Waals surface area (Å²) in [7, 11) is -1.24. The number of aromatic nitrogens is 2. The molecule has 1 fully saturated rings. The lowest BCUT2D eigenvalue weighted by Gasteiger charge is -2.33. The maximum atomic E-state index is 13.5. The van der Waals surface area contributed by atoms with E-state index in [1.54, 1.807) is 44.3 Å². The van der Waals surface area contributed by atoms with Crippen molar-refractivity contribution in [2.75, 3.05) is 20.3 Å². The summed E-state index contributed by atoms with van der Waals surface area (Å²) in [6.07, 6.45) is 0.0294. The van der Waals surface area contributed by atoms with E-state index in [4.69, 9.17) is 9.47 Å². The lowest BCUT2D eigenvalue weighted by molar-refractivity contribution is -0.146. The van der Waals surface area contributed by atoms with Crippen LogP contribution in [0.4, 0.5) is 4.39 Å². The summed E-state index contributed by atoms with van der Waals surface area (Å²) in [5.41, 5.74) is 2.19. The molecule has 1 amide bonds. The van der Waals surface area contributed by atoms with Crippen LogP contribution in [-0.4, -0.2) is 55.1 Å². The Morgan fingerprint density at radius 1 is 1.11 bits per heavy atom. The number of sulfone groups is 1. The number of carbonyl (C=O) groups is 2. The van der Waals surface area contributed by atoms with Crippen molar-refractivity contribution >= 4 is 21.7 Å². The normalized spacial score (nSPS) is 16.1. The zero-order chi connectivity index (χ0) is 26.8. The highest BCUT2D eigenvalue weighted by Crippen LogP contribution is 2.36. The molecule has 2 aromatic carbocycles. The standard InChI is InChI=1S/C26H28FN3O6S/c1-17(28-24(31)23-16-22(29-30(23)2)19-4-8-20(27)9-5-19)18-6-10-21(11-7-18)37(33,34)26(25(32)35-3)12-14-36-15-13-26/h4-11,16-17H,12-15H2,1-3H3,(H,28,31). The summed E-state index contributed by atoms with van der Waals surface area (Å²) in [6.45, 7) is 2.06. The van der Waals surface area contributed by atoms with E-state index in [0.29, 0.717) is 22.5 Å². The van der Waals surface area contributed by atoms with Gasteiger partial charge in [-0.15, -0.1) is 0 Å². The Hall–Kier alpha value is -3.57. The summed E-state index contributed by atoms with van der Waals surface area (Å²) in [4.78, 5) is 25.5. The van der Waals surface area contributed by atoms with Gasteiger partial charge in [0.15, 0.2) is 14.6 Å². The maximum Gasteiger partial charge on any atom is 0.327 e. The highest BCUT2D eigenvalue weighted by molar-refractivity contribution is 7.93. The molecule has 1 atom stereocenters. The van der Waals surface area contributed by atoms with Crippen molar-refractivity contribution in [2.24, 2.45) is 7.05 Å². The highest BCUT2D eigenvalue weighted by Gasteiger charge is 2.53. The number of esters is 1. The van der Waals surface area contributed by atoms with Gasteiger partial charge in [0.1, 0.15) is 11.5 Å². The molecule has 196 valence electrons. The topological polar surface area (TPSA) is 117 Å². The molecule has 9 nitrogen and oxygen atoms in total. The lowest BCUT2D eigenvalue weighted by Crippen LogP contribution is -2.51. The second-order valence-electron chi connectivity index (χ2n) is 8.91. The molecule has 0 saturated carbocycles. The molecule has 37 heavy (non-hydrogen) atoms. The third-order valence-corrected chi connectivity index (χ3v) is 9.16. The van der Waals surface area contributed by atoms with E-state index in [9.17, 15) is 22.4 Å². The van der Waals surface area contributed by atoms with Crippen molar-refractivity contribution in [2.45, 2.75) is 35.4 Å². The molecule has 0 spiro atoms. The van der Waals surface area contributed by atoms with E-state index in [1.807, 2.05) is 0 Å². The van der Waals surface area contributed by atoms with Gasteiger partial charge < -0.3 is 14.8 Å². The van der Waals surface area contributed by atoms with E-state index in [0.717, 1.165) is 0 Å². The quantitative estimate of drug-likeness (QED) is 0.467. The van der Waals surface area contributed by atoms with Crippen molar-refractivity contribution in [3.63, 3.8) is 0 Å². The predicted molar refractivity (Wildman–Crippen MR) is 133 cm³/mol. The Morgan fingerprint density at radius 2 is 1.73 bits per heavy atom. The van der Waals surface area contributed by atoms with Crippen LogP contribution in [-0.2, 0) is 31.2 Å². The van der Waals surface area contributed by atoms with E-state index < -0.39 is 26.6 Å². The first-order chi connectivity index (χ1) is 17.6. The van der Waals surface area contributed by atoms with Crippen LogP contribution in [0.3, 0.4) is 0 Å². The largest absolute Gasteiger partial charge is 0.468 e. The van der Waals surface area contributed by atoms with Gasteiger partial charge in [-0.2, -0.15) is 5.10 Å². The van der Waals surface area contributed by atoms with Crippen molar-refractivity contribution in [1.29, 1.82) is 0 Å². The number of nitrogens with zero attached hydrogens (tertiary/aromatic N) is 2. The van der Waals surface area contributed by atoms with Gasteiger partial charge in [0.2, 0.25) is 0 Å². The van der Waals surface area contributed by atoms with E-state index in [-0.39, 0.29) is 42.7 Å². The number of nitrogens with one attached hydrogen (secondary N) is 1. The summed E-state index contributed by atoms with van der Waals surface area (Å²) < 4.78 is 50.0. The van der Waals surface area contributed by atoms with Crippen molar-refractivity contribution < 1.29 is 31.9 Å². The zero-order valence-electron chi connectivity index (χ0n) is 20.7. The molecular weight excluding hydrogens is 501 g/mol. The minimum absolute atomic E-state index is 0.00218. The molecule has 0 radical (unpaired) electrons. The second kappa shape index (κ2) is 10.4. The van der Waals surface area contributed by atoms with Crippen LogP contribution >= 0.6 is 0 Å². The van der Waals surface area contributed by atoms with Crippen molar-refractivity contribution in [3.05, 3.63) is 71.7 Å². The first-order valence-corrected chi connectivity index (χ1v) is 13.2. The fraction of sp³-hybridized carbons (Fsp3) is 0.346. The van der Waals surface area contributed by atoms with Crippen LogP contribution < -0.4 is 5.32 Å². The number of methoxy groups -OCH3 is 1. The molecular formula is C26H28FN3O6S. The first-order valence-electron chi connectivity index (χ1n) is 11.7. The summed E-state index contributed by atoms with van der Waals surface area (Å²) in [5, 5.41) is 7.23. The number of rotatable bonds is 7. The van der Waals surface area contributed by atoms with Crippen LogP contribution in [0.1, 0.15) is 41.9 Å². The van der Waals surface area contributed by atoms with E-state index in [1.165, 1.54) is 36.1 Å². The molecule has 4 rings (SSSR count). The molecule has 1 aliphatic rings. The number of benzene rings is 2. The van der Waals surface area contributed by atoms with Crippen LogP contribution in [0.25, 0.3) is 11.3 Å². The van der Waals surface area contributed by atoms with Gasteiger partial charge in [-0.05, 0) is 55.0 Å². The molecule has 0 aliphatic carbocycles. The SMILES string of the molecule is COC(=O)C1(S(=O)(=O)c2ccc(C(C)NC(=O)c3cc(-c4ccc(F)cc4)nn3C)cc2)CCOCC1. The molecule has 3 aromatic rings. The molecule has 2 heterocycles. The number of hydrogen-bond acceptors (Lipinski definition) is 7. The third-order valence-electron chi connectivity index (χ3n) is 6.66. The summed E-state index contributed by atoms with van der Waals surface area (Å²) in [6, 6.07) is 13.1. The Kier molecular flexibility index (Phi) is 7.47. The molecule has 1 unspecified atom stereocenters. The molecule has 1 aromatic heterocycles. The minimum Gasteiger partial charge on any atom is -0.468 e. The average Bonchev–Trinajstić information content (AvgIpc) is 3.30. The van der Waals surface area contributed by atoms with Crippen LogP contribution in [0.2, 0.25) is 0 Å². The first kappa shape index (κ1) is 26.5. The highest BCUT2D eigenvalue weighted by atomic mass is 32.2. The van der Waals surface area contributed by atoms with Crippen LogP contribution in [0.15, 0.2) is 59.5 Å². The zero-order valence-corrected chi connectivity index (χ0v) is 21.5. The number of carbonyl (C=O) groups excluding carboxylic acids is 2. The lowest BCUT2D eigenvalue weighted by atomic mass is 9.99. The van der Waals surface area contributed by atoms with Crippen LogP contribution in [0.5, 0.6) is 0 Å². The number of amides is 1. The Balaban J connectivity index is 1.51. The smallest absolute Gasteiger partial charge is 0.327 e. The number of hydrogen-bond donors (Lipinski definition) is 1. The van der Waals surface area contributed by atoms with Crippen molar-refractivity contribution in [3.8, 4) is 11.3 Å². The molecule has 1 N–H and O–H groups in total. The molecule has 1 aliphatic heterocycles. The minimum atomic E-state index is -4.05. The van der Waals surface area contributed by atoms with Gasteiger partial charge >= 0.3 is 5.97 Å². The number of halogens is 1. The fourth-order valence-electron chi connectivity index (χ4n) is 4.43. The Morgan fingerprint density at radius 3 is 2.32 bits per heavy atom. The maximum absolute atomic E-state index is 13.5. The van der Waals surface area contributed by atoms with Gasteiger partial charge in [-0.3, -0.25) is 14.3 Å². The van der Waals surface area contributed by atoms with E-state index >= 15 is 0 Å². The van der Waals surface area contributed by atoms with Crippen LogP contribution in [0, 0.1) is 5.82 Å². The number of ether oxygens (including phenoxy) is 2. The number of aryl methyl sites for hydroxylation is 1. The monoisotopic (exact) mass is 529 g/mol. The average molecular weight is 530 g/mol. The van der Waals surface area contributed by atoms with Gasteiger partial charge in [0, 0.05) is 38.7 Å². The fourth-order valence-corrected chi connectivity index (χ4v) is 6.38. The third kappa shape index (κ3) is 5.01. The van der Waals surface area contributed by atoms with Gasteiger partial charge in [-0.25, -0.2) is 12.8 Å².